The first-order valence-electron chi connectivity index (χ1n) is 6.15. The van der Waals surface area contributed by atoms with Gasteiger partial charge in [0, 0.05) is 0 Å². The third-order valence-corrected chi connectivity index (χ3v) is 2.64. The third-order valence-electron chi connectivity index (χ3n) is 2.64. The second-order valence-electron chi connectivity index (χ2n) is 4.24. The van der Waals surface area contributed by atoms with Crippen LogP contribution in [0.5, 0.6) is 0 Å². The van der Waals surface area contributed by atoms with Crippen molar-refractivity contribution in [3.05, 3.63) is 36.0 Å². The van der Waals surface area contributed by atoms with Crippen LogP contribution in [-0.4, -0.2) is 0 Å². The van der Waals surface area contributed by atoms with Crippen molar-refractivity contribution in [2.45, 2.75) is 53.4 Å². The van der Waals surface area contributed by atoms with Crippen LogP contribution in [0.25, 0.3) is 0 Å². The third kappa shape index (κ3) is 6.33. The highest BCUT2D eigenvalue weighted by Gasteiger charge is 2.09. The summed E-state index contributed by atoms with van der Waals surface area (Å²) < 4.78 is 0. The molecule has 0 amide bonds. The van der Waals surface area contributed by atoms with Crippen LogP contribution in [0.15, 0.2) is 36.0 Å². The molecule has 0 aliphatic heterocycles. The summed E-state index contributed by atoms with van der Waals surface area (Å²) in [5.74, 6) is 0.737. The standard InChI is InChI=1S/C15H26/c1-6-9-15(10-7-2)14(8-3)12-11-13(4)5/h8,11-12,15H,4,6-7,9-10H2,1-3,5H3/b12-11-,14-8+. The van der Waals surface area contributed by atoms with Crippen molar-refractivity contribution in [3.8, 4) is 0 Å². The molecule has 0 aliphatic carbocycles. The molecule has 0 saturated carbocycles. The van der Waals surface area contributed by atoms with Gasteiger partial charge in [-0.05, 0) is 38.2 Å². The highest BCUT2D eigenvalue weighted by molar-refractivity contribution is 5.26. The van der Waals surface area contributed by atoms with E-state index in [9.17, 15) is 0 Å². The van der Waals surface area contributed by atoms with Crippen LogP contribution in [0.2, 0.25) is 0 Å². The number of hydrogen-bond donors (Lipinski definition) is 0. The maximum Gasteiger partial charge on any atom is -0.0165 e. The summed E-state index contributed by atoms with van der Waals surface area (Å²) in [6, 6.07) is 0. The summed E-state index contributed by atoms with van der Waals surface area (Å²) in [5, 5.41) is 0. The monoisotopic (exact) mass is 206 g/mol. The maximum absolute atomic E-state index is 3.90. The summed E-state index contributed by atoms with van der Waals surface area (Å²) in [4.78, 5) is 0. The zero-order chi connectivity index (χ0) is 11.7. The van der Waals surface area contributed by atoms with Crippen LogP contribution in [-0.2, 0) is 0 Å². The molecular weight excluding hydrogens is 180 g/mol. The van der Waals surface area contributed by atoms with Gasteiger partial charge in [0.2, 0.25) is 0 Å². The van der Waals surface area contributed by atoms with Gasteiger partial charge < -0.3 is 0 Å². The number of rotatable bonds is 7. The Morgan fingerprint density at radius 3 is 2.00 bits per heavy atom. The van der Waals surface area contributed by atoms with E-state index in [1.807, 2.05) is 6.92 Å². The quantitative estimate of drug-likeness (QED) is 0.497. The first kappa shape index (κ1) is 14.2. The van der Waals surface area contributed by atoms with Gasteiger partial charge in [-0.25, -0.2) is 0 Å². The van der Waals surface area contributed by atoms with E-state index in [1.54, 1.807) is 0 Å². The van der Waals surface area contributed by atoms with E-state index in [0.29, 0.717) is 0 Å². The normalized spacial score (nSPS) is 12.7. The first-order valence-corrected chi connectivity index (χ1v) is 6.15. The molecule has 0 heterocycles. The summed E-state index contributed by atoms with van der Waals surface area (Å²) in [5.41, 5.74) is 2.60. The Kier molecular flexibility index (Phi) is 8.08. The fourth-order valence-electron chi connectivity index (χ4n) is 1.88. The predicted octanol–water partition coefficient (Wildman–Crippen LogP) is 5.28. The molecule has 0 atom stereocenters. The van der Waals surface area contributed by atoms with Crippen LogP contribution < -0.4 is 0 Å². The molecular formula is C15H26. The van der Waals surface area contributed by atoms with Gasteiger partial charge in [0.1, 0.15) is 0 Å². The van der Waals surface area contributed by atoms with E-state index < -0.39 is 0 Å². The molecule has 86 valence electrons. The molecule has 0 unspecified atom stereocenters. The van der Waals surface area contributed by atoms with E-state index in [0.717, 1.165) is 11.5 Å². The zero-order valence-electron chi connectivity index (χ0n) is 10.8. The van der Waals surface area contributed by atoms with Gasteiger partial charge in [0.25, 0.3) is 0 Å². The minimum absolute atomic E-state index is 0.737. The van der Waals surface area contributed by atoms with E-state index in [4.69, 9.17) is 0 Å². The smallest absolute Gasteiger partial charge is 0.0165 e. The van der Waals surface area contributed by atoms with Crippen LogP contribution >= 0.6 is 0 Å². The molecule has 0 aromatic heterocycles. The minimum atomic E-state index is 0.737. The second-order valence-corrected chi connectivity index (χ2v) is 4.24. The van der Waals surface area contributed by atoms with Crippen molar-refractivity contribution < 1.29 is 0 Å². The van der Waals surface area contributed by atoms with E-state index >= 15 is 0 Å². The van der Waals surface area contributed by atoms with E-state index in [2.05, 4.69) is 45.6 Å². The van der Waals surface area contributed by atoms with E-state index in [-0.39, 0.29) is 0 Å². The van der Waals surface area contributed by atoms with Crippen LogP contribution in [0, 0.1) is 5.92 Å². The Morgan fingerprint density at radius 1 is 1.13 bits per heavy atom. The molecule has 0 aromatic rings. The molecule has 0 saturated heterocycles. The Hall–Kier alpha value is -0.780. The Bertz CT molecular complexity index is 224. The Balaban J connectivity index is 4.52. The largest absolute Gasteiger partial charge is 0.0961 e. The fourth-order valence-corrected chi connectivity index (χ4v) is 1.88. The van der Waals surface area contributed by atoms with Crippen LogP contribution in [0.3, 0.4) is 0 Å². The van der Waals surface area contributed by atoms with Gasteiger partial charge in [-0.15, -0.1) is 0 Å². The molecule has 0 radical (unpaired) electrons. The molecule has 0 fully saturated rings. The van der Waals surface area contributed by atoms with E-state index in [1.165, 1.54) is 31.3 Å². The topological polar surface area (TPSA) is 0 Å². The highest BCUT2D eigenvalue weighted by Crippen LogP contribution is 2.23. The van der Waals surface area contributed by atoms with Crippen molar-refractivity contribution in [1.29, 1.82) is 0 Å². The average molecular weight is 206 g/mol. The average Bonchev–Trinajstić information content (AvgIpc) is 2.19. The summed E-state index contributed by atoms with van der Waals surface area (Å²) in [7, 11) is 0. The molecule has 0 bridgehead atoms. The lowest BCUT2D eigenvalue weighted by molar-refractivity contribution is 0.512. The molecule has 0 aliphatic rings. The van der Waals surface area contributed by atoms with Crippen molar-refractivity contribution in [2.75, 3.05) is 0 Å². The van der Waals surface area contributed by atoms with Gasteiger partial charge in [-0.3, -0.25) is 0 Å². The van der Waals surface area contributed by atoms with Gasteiger partial charge in [-0.1, -0.05) is 57.1 Å². The van der Waals surface area contributed by atoms with Crippen LogP contribution in [0.4, 0.5) is 0 Å². The van der Waals surface area contributed by atoms with Crippen molar-refractivity contribution in [1.82, 2.24) is 0 Å². The molecule has 0 N–H and O–H groups in total. The molecule has 15 heavy (non-hydrogen) atoms. The number of allylic oxidation sites excluding steroid dienone is 5. The summed E-state index contributed by atoms with van der Waals surface area (Å²) >= 11 is 0. The summed E-state index contributed by atoms with van der Waals surface area (Å²) in [6.45, 7) is 12.6. The van der Waals surface area contributed by atoms with Gasteiger partial charge in [0.05, 0.1) is 0 Å². The molecule has 0 spiro atoms. The van der Waals surface area contributed by atoms with Crippen molar-refractivity contribution >= 4 is 0 Å². The Labute approximate surface area is 95.8 Å². The lowest BCUT2D eigenvalue weighted by Crippen LogP contribution is -2.02. The molecule has 0 aromatic carbocycles. The Morgan fingerprint density at radius 2 is 1.67 bits per heavy atom. The van der Waals surface area contributed by atoms with Crippen molar-refractivity contribution in [3.63, 3.8) is 0 Å². The molecule has 0 rings (SSSR count). The van der Waals surface area contributed by atoms with Gasteiger partial charge in [-0.2, -0.15) is 0 Å². The van der Waals surface area contributed by atoms with Crippen molar-refractivity contribution in [2.24, 2.45) is 5.92 Å². The minimum Gasteiger partial charge on any atom is -0.0961 e. The SMILES string of the molecule is C=C(C)/C=C\C(=C/C)C(CCC)CCC. The predicted molar refractivity (Wildman–Crippen MR) is 71.0 cm³/mol. The maximum atomic E-state index is 3.90. The highest BCUT2D eigenvalue weighted by atomic mass is 14.1. The first-order chi connectivity index (χ1) is 7.15. The molecule has 0 nitrogen and oxygen atoms in total. The lowest BCUT2D eigenvalue weighted by atomic mass is 9.89. The van der Waals surface area contributed by atoms with Crippen LogP contribution in [0.1, 0.15) is 53.4 Å². The second kappa shape index (κ2) is 8.52. The van der Waals surface area contributed by atoms with Gasteiger partial charge >= 0.3 is 0 Å². The lowest BCUT2D eigenvalue weighted by Gasteiger charge is -2.16. The molecule has 0 heteroatoms. The number of hydrogen-bond acceptors (Lipinski definition) is 0. The van der Waals surface area contributed by atoms with Gasteiger partial charge in [0.15, 0.2) is 0 Å². The zero-order valence-corrected chi connectivity index (χ0v) is 10.8. The summed E-state index contributed by atoms with van der Waals surface area (Å²) in [6.07, 6.45) is 11.7. The fraction of sp³-hybridized carbons (Fsp3) is 0.600.